The van der Waals surface area contributed by atoms with E-state index in [2.05, 4.69) is 6.92 Å². The van der Waals surface area contributed by atoms with E-state index in [-0.39, 0.29) is 0 Å². The lowest BCUT2D eigenvalue weighted by molar-refractivity contribution is -0.949. The van der Waals surface area contributed by atoms with Crippen molar-refractivity contribution in [1.82, 2.24) is 4.68 Å². The van der Waals surface area contributed by atoms with Crippen LogP contribution in [0.5, 0.6) is 0 Å². The largest absolute Gasteiger partial charge is 0.253 e. The van der Waals surface area contributed by atoms with Gasteiger partial charge >= 0.3 is 0 Å². The Bertz CT molecular complexity index is 208. The molecule has 0 saturated heterocycles. The summed E-state index contributed by atoms with van der Waals surface area (Å²) >= 11 is 0. The molecule has 0 aliphatic heterocycles. The van der Waals surface area contributed by atoms with Crippen molar-refractivity contribution in [3.8, 4) is 0 Å². The van der Waals surface area contributed by atoms with Gasteiger partial charge in [0.15, 0.2) is 6.61 Å². The predicted molar refractivity (Wildman–Crippen MR) is 42.0 cm³/mol. The monoisotopic (exact) mass is 155 g/mol. The SMILES string of the molecule is CCCCO[n+]1cccn1C. The molecular formula is C8H15N2O+. The highest BCUT2D eigenvalue weighted by molar-refractivity contribution is 4.69. The van der Waals surface area contributed by atoms with Gasteiger partial charge in [-0.15, -0.1) is 4.68 Å². The van der Waals surface area contributed by atoms with Crippen molar-refractivity contribution >= 4 is 0 Å². The number of aryl methyl sites for hydroxylation is 1. The van der Waals surface area contributed by atoms with E-state index in [0.717, 1.165) is 13.0 Å². The molecule has 1 aromatic rings. The van der Waals surface area contributed by atoms with E-state index >= 15 is 0 Å². The van der Waals surface area contributed by atoms with Gasteiger partial charge in [0.25, 0.3) is 6.20 Å². The van der Waals surface area contributed by atoms with Gasteiger partial charge in [-0.25, -0.2) is 4.84 Å². The molecule has 0 aromatic carbocycles. The molecule has 0 radical (unpaired) electrons. The second kappa shape index (κ2) is 4.01. The van der Waals surface area contributed by atoms with E-state index in [1.807, 2.05) is 30.2 Å². The summed E-state index contributed by atoms with van der Waals surface area (Å²) in [6.07, 6.45) is 6.13. The lowest BCUT2D eigenvalue weighted by Gasteiger charge is -1.95. The Morgan fingerprint density at radius 2 is 2.36 bits per heavy atom. The summed E-state index contributed by atoms with van der Waals surface area (Å²) in [6, 6.07) is 1.95. The molecule has 0 bridgehead atoms. The molecule has 0 unspecified atom stereocenters. The first-order valence-electron chi connectivity index (χ1n) is 4.01. The van der Waals surface area contributed by atoms with E-state index in [0.29, 0.717) is 0 Å². The van der Waals surface area contributed by atoms with E-state index in [4.69, 9.17) is 4.84 Å². The molecule has 0 aliphatic carbocycles. The standard InChI is InChI=1S/C8H15N2O/c1-3-4-8-11-10-7-5-6-9(10)2/h5-7H,3-4,8H2,1-2H3/q+1. The van der Waals surface area contributed by atoms with Gasteiger partial charge in [0, 0.05) is 6.07 Å². The Balaban J connectivity index is 2.32. The minimum atomic E-state index is 0.791. The second-order valence-electron chi connectivity index (χ2n) is 2.55. The Morgan fingerprint density at radius 3 is 2.91 bits per heavy atom. The topological polar surface area (TPSA) is 18.0 Å². The molecule has 0 amide bonds. The van der Waals surface area contributed by atoms with Gasteiger partial charge in [-0.2, -0.15) is 0 Å². The molecule has 1 aromatic heterocycles. The first-order chi connectivity index (χ1) is 5.34. The summed E-state index contributed by atoms with van der Waals surface area (Å²) in [6.45, 7) is 2.94. The smallest absolute Gasteiger partial charge is 0.247 e. The maximum absolute atomic E-state index is 5.40. The van der Waals surface area contributed by atoms with E-state index in [1.54, 1.807) is 4.85 Å². The average Bonchev–Trinajstić information content (AvgIpc) is 2.37. The summed E-state index contributed by atoms with van der Waals surface area (Å²) in [5.41, 5.74) is 0. The lowest BCUT2D eigenvalue weighted by Crippen LogP contribution is -2.48. The summed E-state index contributed by atoms with van der Waals surface area (Å²) in [5, 5.41) is 0. The molecule has 1 heterocycles. The maximum atomic E-state index is 5.40. The number of nitrogens with zero attached hydrogens (tertiary/aromatic N) is 2. The molecule has 0 N–H and O–H groups in total. The van der Waals surface area contributed by atoms with Crippen LogP contribution in [0.4, 0.5) is 0 Å². The summed E-state index contributed by atoms with van der Waals surface area (Å²) < 4.78 is 1.90. The molecule has 0 fully saturated rings. The van der Waals surface area contributed by atoms with Crippen molar-refractivity contribution in [1.29, 1.82) is 0 Å². The van der Waals surface area contributed by atoms with Crippen LogP contribution in [0.3, 0.4) is 0 Å². The van der Waals surface area contributed by atoms with Crippen LogP contribution in [0.2, 0.25) is 0 Å². The van der Waals surface area contributed by atoms with Crippen LogP contribution in [-0.2, 0) is 7.05 Å². The van der Waals surface area contributed by atoms with Gasteiger partial charge in [-0.1, -0.05) is 13.3 Å². The van der Waals surface area contributed by atoms with Crippen LogP contribution < -0.4 is 9.68 Å². The predicted octanol–water partition coefficient (Wildman–Crippen LogP) is 0.541. The molecule has 0 saturated carbocycles. The zero-order valence-electron chi connectivity index (χ0n) is 7.16. The fourth-order valence-electron chi connectivity index (χ4n) is 0.844. The number of aromatic nitrogens is 2. The number of hydrogen-bond acceptors (Lipinski definition) is 1. The fraction of sp³-hybridized carbons (Fsp3) is 0.625. The maximum Gasteiger partial charge on any atom is 0.253 e. The van der Waals surface area contributed by atoms with Crippen LogP contribution in [0, 0.1) is 0 Å². The Labute approximate surface area is 67.1 Å². The van der Waals surface area contributed by atoms with Crippen molar-refractivity contribution in [2.75, 3.05) is 6.61 Å². The molecule has 0 aliphatic rings. The van der Waals surface area contributed by atoms with Crippen LogP contribution >= 0.6 is 0 Å². The molecule has 3 heteroatoms. The van der Waals surface area contributed by atoms with E-state index in [9.17, 15) is 0 Å². The van der Waals surface area contributed by atoms with Crippen LogP contribution in [0.25, 0.3) is 0 Å². The number of hydrogen-bond donors (Lipinski definition) is 0. The van der Waals surface area contributed by atoms with Crippen molar-refractivity contribution in [2.45, 2.75) is 19.8 Å². The molecule has 11 heavy (non-hydrogen) atoms. The van der Waals surface area contributed by atoms with Gasteiger partial charge in [-0.3, -0.25) is 0 Å². The van der Waals surface area contributed by atoms with Crippen molar-refractivity contribution in [3.05, 3.63) is 18.5 Å². The summed E-state index contributed by atoms with van der Waals surface area (Å²) in [7, 11) is 1.95. The third-order valence-corrected chi connectivity index (χ3v) is 1.55. The molecule has 0 atom stereocenters. The van der Waals surface area contributed by atoms with Crippen LogP contribution in [-0.4, -0.2) is 11.3 Å². The normalized spacial score (nSPS) is 10.0. The third kappa shape index (κ3) is 2.26. The minimum absolute atomic E-state index is 0.791. The van der Waals surface area contributed by atoms with Crippen molar-refractivity contribution < 1.29 is 9.68 Å². The quantitative estimate of drug-likeness (QED) is 0.458. The van der Waals surface area contributed by atoms with Gasteiger partial charge in [0.2, 0.25) is 0 Å². The molecule has 62 valence electrons. The van der Waals surface area contributed by atoms with Gasteiger partial charge in [-0.05, 0) is 6.42 Å². The molecule has 1 rings (SSSR count). The van der Waals surface area contributed by atoms with Crippen molar-refractivity contribution in [3.63, 3.8) is 0 Å². The molecule has 0 spiro atoms. The fourth-order valence-corrected chi connectivity index (χ4v) is 0.844. The zero-order valence-corrected chi connectivity index (χ0v) is 7.16. The molecular weight excluding hydrogens is 140 g/mol. The highest BCUT2D eigenvalue weighted by Gasteiger charge is 2.02. The Morgan fingerprint density at radius 1 is 1.55 bits per heavy atom. The third-order valence-electron chi connectivity index (χ3n) is 1.55. The van der Waals surface area contributed by atoms with E-state index in [1.165, 1.54) is 6.42 Å². The van der Waals surface area contributed by atoms with Gasteiger partial charge in [0.05, 0.1) is 18.1 Å². The minimum Gasteiger partial charge on any atom is -0.247 e. The summed E-state index contributed by atoms with van der Waals surface area (Å²) in [5.74, 6) is 0. The number of rotatable bonds is 4. The first kappa shape index (κ1) is 8.11. The number of unbranched alkanes of at least 4 members (excludes halogenated alkanes) is 1. The zero-order chi connectivity index (χ0) is 8.10. The summed E-state index contributed by atoms with van der Waals surface area (Å²) in [4.78, 5) is 7.13. The van der Waals surface area contributed by atoms with Gasteiger partial charge < -0.3 is 0 Å². The van der Waals surface area contributed by atoms with Crippen LogP contribution in [0.15, 0.2) is 18.5 Å². The average molecular weight is 155 g/mol. The highest BCUT2D eigenvalue weighted by Crippen LogP contribution is 1.82. The molecule has 3 nitrogen and oxygen atoms in total. The van der Waals surface area contributed by atoms with Crippen LogP contribution in [0.1, 0.15) is 19.8 Å². The second-order valence-corrected chi connectivity index (χ2v) is 2.55. The van der Waals surface area contributed by atoms with Gasteiger partial charge in [0.1, 0.15) is 0 Å². The van der Waals surface area contributed by atoms with Crippen molar-refractivity contribution in [2.24, 2.45) is 7.05 Å². The Kier molecular flexibility index (Phi) is 2.95. The first-order valence-corrected chi connectivity index (χ1v) is 4.01. The Hall–Kier alpha value is -0.990. The highest BCUT2D eigenvalue weighted by atomic mass is 16.7. The lowest BCUT2D eigenvalue weighted by atomic mass is 10.4. The van der Waals surface area contributed by atoms with E-state index < -0.39 is 0 Å².